The van der Waals surface area contributed by atoms with Gasteiger partial charge in [0.15, 0.2) is 17.5 Å². The molecule has 128 valence electrons. The number of nitrogens with one attached hydrogen (secondary N) is 2. The predicted molar refractivity (Wildman–Crippen MR) is 94.2 cm³/mol. The van der Waals surface area contributed by atoms with E-state index in [0.717, 1.165) is 11.3 Å². The molecule has 0 fully saturated rings. The van der Waals surface area contributed by atoms with Crippen molar-refractivity contribution in [1.82, 2.24) is 10.3 Å². The van der Waals surface area contributed by atoms with E-state index in [0.29, 0.717) is 29.9 Å². The lowest BCUT2D eigenvalue weighted by molar-refractivity contribution is 0.355. The van der Waals surface area contributed by atoms with Gasteiger partial charge in [-0.25, -0.2) is 4.98 Å². The SMILES string of the molecule is CN=C(NCc1ccnc(OC)c1)Nc1ccc(OC)c(OC)c1. The molecule has 0 aliphatic heterocycles. The maximum atomic E-state index is 5.30. The number of pyridine rings is 1. The second-order valence-corrected chi connectivity index (χ2v) is 4.83. The molecule has 1 heterocycles. The Bertz CT molecular complexity index is 704. The molecule has 0 spiro atoms. The molecule has 0 saturated carbocycles. The third-order valence-electron chi connectivity index (χ3n) is 3.34. The van der Waals surface area contributed by atoms with Gasteiger partial charge in [-0.2, -0.15) is 0 Å². The predicted octanol–water partition coefficient (Wildman–Crippen LogP) is 2.29. The Balaban J connectivity index is 2.02. The van der Waals surface area contributed by atoms with E-state index in [1.54, 1.807) is 34.6 Å². The number of nitrogens with zero attached hydrogens (tertiary/aromatic N) is 2. The first-order valence-corrected chi connectivity index (χ1v) is 7.38. The van der Waals surface area contributed by atoms with E-state index in [4.69, 9.17) is 14.2 Å². The zero-order valence-electron chi connectivity index (χ0n) is 14.3. The van der Waals surface area contributed by atoms with Crippen molar-refractivity contribution >= 4 is 11.6 Å². The number of hydrogen-bond donors (Lipinski definition) is 2. The molecule has 2 N–H and O–H groups in total. The molecule has 24 heavy (non-hydrogen) atoms. The topological polar surface area (TPSA) is 77.0 Å². The average Bonchev–Trinajstić information content (AvgIpc) is 2.64. The standard InChI is InChI=1S/C17H22N4O3/c1-18-17(20-11-12-7-8-19-16(9-12)24-4)21-13-5-6-14(22-2)15(10-13)23-3/h5-10H,11H2,1-4H3,(H2,18,20,21). The van der Waals surface area contributed by atoms with Gasteiger partial charge >= 0.3 is 0 Å². The normalized spacial score (nSPS) is 10.9. The first-order valence-electron chi connectivity index (χ1n) is 7.38. The van der Waals surface area contributed by atoms with Crippen LogP contribution in [-0.4, -0.2) is 39.3 Å². The number of benzene rings is 1. The summed E-state index contributed by atoms with van der Waals surface area (Å²) in [5.74, 6) is 2.54. The minimum atomic E-state index is 0.581. The molecular weight excluding hydrogens is 308 g/mol. The van der Waals surface area contributed by atoms with E-state index in [1.807, 2.05) is 30.3 Å². The Hall–Kier alpha value is -2.96. The van der Waals surface area contributed by atoms with Crippen molar-refractivity contribution in [3.63, 3.8) is 0 Å². The number of guanidine groups is 1. The highest BCUT2D eigenvalue weighted by Gasteiger charge is 2.06. The quantitative estimate of drug-likeness (QED) is 0.625. The highest BCUT2D eigenvalue weighted by atomic mass is 16.5. The summed E-state index contributed by atoms with van der Waals surface area (Å²) < 4.78 is 15.7. The van der Waals surface area contributed by atoms with E-state index in [9.17, 15) is 0 Å². The van der Waals surface area contributed by atoms with Crippen LogP contribution in [0, 0.1) is 0 Å². The highest BCUT2D eigenvalue weighted by Crippen LogP contribution is 2.29. The molecule has 1 aromatic heterocycles. The summed E-state index contributed by atoms with van der Waals surface area (Å²) in [7, 11) is 6.51. The number of rotatable bonds is 6. The Morgan fingerprint density at radius 1 is 1.04 bits per heavy atom. The van der Waals surface area contributed by atoms with Crippen molar-refractivity contribution in [2.75, 3.05) is 33.7 Å². The summed E-state index contributed by atoms with van der Waals surface area (Å²) in [6.45, 7) is 0.589. The van der Waals surface area contributed by atoms with Crippen LogP contribution in [0.2, 0.25) is 0 Å². The number of ether oxygens (including phenoxy) is 3. The lowest BCUT2D eigenvalue weighted by atomic mass is 10.2. The van der Waals surface area contributed by atoms with E-state index in [1.165, 1.54) is 0 Å². The van der Waals surface area contributed by atoms with Crippen molar-refractivity contribution in [1.29, 1.82) is 0 Å². The van der Waals surface area contributed by atoms with Gasteiger partial charge in [-0.15, -0.1) is 0 Å². The molecule has 0 amide bonds. The third-order valence-corrected chi connectivity index (χ3v) is 3.34. The lowest BCUT2D eigenvalue weighted by Gasteiger charge is -2.14. The number of hydrogen-bond acceptors (Lipinski definition) is 5. The van der Waals surface area contributed by atoms with E-state index < -0.39 is 0 Å². The summed E-state index contributed by atoms with van der Waals surface area (Å²) in [6.07, 6.45) is 1.71. The molecule has 2 rings (SSSR count). The molecule has 2 aromatic rings. The molecule has 0 radical (unpaired) electrons. The van der Waals surface area contributed by atoms with Crippen LogP contribution in [0.4, 0.5) is 5.69 Å². The Kier molecular flexibility index (Phi) is 6.24. The van der Waals surface area contributed by atoms with Gasteiger partial charge in [0.25, 0.3) is 0 Å². The van der Waals surface area contributed by atoms with Gasteiger partial charge in [0, 0.05) is 37.6 Å². The Morgan fingerprint density at radius 2 is 1.83 bits per heavy atom. The zero-order valence-corrected chi connectivity index (χ0v) is 14.3. The van der Waals surface area contributed by atoms with Crippen molar-refractivity contribution in [3.8, 4) is 17.4 Å². The Morgan fingerprint density at radius 3 is 2.50 bits per heavy atom. The van der Waals surface area contributed by atoms with Gasteiger partial charge < -0.3 is 24.8 Å². The molecular formula is C17H22N4O3. The highest BCUT2D eigenvalue weighted by molar-refractivity contribution is 5.93. The molecule has 0 aliphatic rings. The van der Waals surface area contributed by atoms with Crippen LogP contribution >= 0.6 is 0 Å². The van der Waals surface area contributed by atoms with Crippen molar-refractivity contribution < 1.29 is 14.2 Å². The molecule has 7 heteroatoms. The van der Waals surface area contributed by atoms with Crippen molar-refractivity contribution in [2.24, 2.45) is 4.99 Å². The minimum Gasteiger partial charge on any atom is -0.493 e. The lowest BCUT2D eigenvalue weighted by Crippen LogP contribution is -2.30. The summed E-state index contributed by atoms with van der Waals surface area (Å²) in [5, 5.41) is 6.45. The maximum absolute atomic E-state index is 5.30. The van der Waals surface area contributed by atoms with Gasteiger partial charge in [0.2, 0.25) is 5.88 Å². The largest absolute Gasteiger partial charge is 0.493 e. The number of aliphatic imine (C=N–C) groups is 1. The minimum absolute atomic E-state index is 0.581. The van der Waals surface area contributed by atoms with Crippen LogP contribution < -0.4 is 24.8 Å². The van der Waals surface area contributed by atoms with Gasteiger partial charge in [0.1, 0.15) is 0 Å². The molecule has 0 unspecified atom stereocenters. The maximum Gasteiger partial charge on any atom is 0.213 e. The van der Waals surface area contributed by atoms with Gasteiger partial charge in [-0.05, 0) is 23.8 Å². The van der Waals surface area contributed by atoms with Crippen LogP contribution in [0.3, 0.4) is 0 Å². The number of methoxy groups -OCH3 is 3. The zero-order chi connectivity index (χ0) is 17.4. The Labute approximate surface area is 141 Å². The molecule has 0 bridgehead atoms. The number of anilines is 1. The third kappa shape index (κ3) is 4.52. The van der Waals surface area contributed by atoms with E-state index >= 15 is 0 Å². The van der Waals surface area contributed by atoms with Crippen LogP contribution in [0.1, 0.15) is 5.56 Å². The summed E-state index contributed by atoms with van der Waals surface area (Å²) in [5.41, 5.74) is 1.88. The fourth-order valence-electron chi connectivity index (χ4n) is 2.09. The molecule has 1 aromatic carbocycles. The second kappa shape index (κ2) is 8.61. The average molecular weight is 330 g/mol. The monoisotopic (exact) mass is 330 g/mol. The fourth-order valence-corrected chi connectivity index (χ4v) is 2.09. The first kappa shape index (κ1) is 17.4. The fraction of sp³-hybridized carbons (Fsp3) is 0.294. The summed E-state index contributed by atoms with van der Waals surface area (Å²) in [6, 6.07) is 9.36. The van der Waals surface area contributed by atoms with Crippen LogP contribution in [0.25, 0.3) is 0 Å². The second-order valence-electron chi connectivity index (χ2n) is 4.83. The summed E-state index contributed by atoms with van der Waals surface area (Å²) >= 11 is 0. The van der Waals surface area contributed by atoms with E-state index in [-0.39, 0.29) is 0 Å². The van der Waals surface area contributed by atoms with Gasteiger partial charge in [0.05, 0.1) is 21.3 Å². The summed E-state index contributed by atoms with van der Waals surface area (Å²) in [4.78, 5) is 8.30. The van der Waals surface area contributed by atoms with E-state index in [2.05, 4.69) is 20.6 Å². The van der Waals surface area contributed by atoms with Crippen LogP contribution in [0.15, 0.2) is 41.5 Å². The molecule has 0 aliphatic carbocycles. The smallest absolute Gasteiger partial charge is 0.213 e. The molecule has 7 nitrogen and oxygen atoms in total. The van der Waals surface area contributed by atoms with Crippen LogP contribution in [-0.2, 0) is 6.54 Å². The van der Waals surface area contributed by atoms with Crippen molar-refractivity contribution in [3.05, 3.63) is 42.1 Å². The molecule has 0 atom stereocenters. The van der Waals surface area contributed by atoms with Crippen molar-refractivity contribution in [2.45, 2.75) is 6.54 Å². The molecule has 0 saturated heterocycles. The number of aromatic nitrogens is 1. The van der Waals surface area contributed by atoms with Crippen LogP contribution in [0.5, 0.6) is 17.4 Å². The van der Waals surface area contributed by atoms with Gasteiger partial charge in [-0.3, -0.25) is 4.99 Å². The van der Waals surface area contributed by atoms with Gasteiger partial charge in [-0.1, -0.05) is 0 Å². The first-order chi connectivity index (χ1) is 11.7.